The van der Waals surface area contributed by atoms with Crippen LogP contribution < -0.4 is 19.7 Å². The Morgan fingerprint density at radius 1 is 1.19 bits per heavy atom. The Kier molecular flexibility index (Phi) is 4.20. The number of amides is 2. The summed E-state index contributed by atoms with van der Waals surface area (Å²) in [5, 5.41) is 2.77. The van der Waals surface area contributed by atoms with Crippen LogP contribution >= 0.6 is 0 Å². The van der Waals surface area contributed by atoms with Crippen molar-refractivity contribution >= 4 is 17.5 Å². The van der Waals surface area contributed by atoms with Gasteiger partial charge in [-0.15, -0.1) is 0 Å². The van der Waals surface area contributed by atoms with E-state index in [0.717, 1.165) is 0 Å². The van der Waals surface area contributed by atoms with E-state index in [0.29, 0.717) is 29.3 Å². The highest BCUT2D eigenvalue weighted by atomic mass is 19.1. The van der Waals surface area contributed by atoms with E-state index in [1.54, 1.807) is 35.2 Å². The lowest BCUT2D eigenvalue weighted by Crippen LogP contribution is -2.32. The van der Waals surface area contributed by atoms with Gasteiger partial charge in [0.05, 0.1) is 5.92 Å². The van der Waals surface area contributed by atoms with Gasteiger partial charge in [-0.05, 0) is 29.8 Å². The molecule has 0 unspecified atom stereocenters. The molecule has 2 amide bonds. The number of nitrogens with zero attached hydrogens (tertiary/aromatic N) is 1. The maximum atomic E-state index is 13.2. The van der Waals surface area contributed by atoms with Crippen LogP contribution in [0.5, 0.6) is 11.5 Å². The maximum Gasteiger partial charge on any atom is 0.231 e. The second-order valence-electron chi connectivity index (χ2n) is 6.29. The molecule has 2 heterocycles. The van der Waals surface area contributed by atoms with E-state index >= 15 is 0 Å². The third kappa shape index (κ3) is 3.20. The molecule has 0 spiro atoms. The number of fused-ring (bicyclic) bond motifs is 1. The fraction of sp³-hybridized carbons (Fsp3) is 0.263. The molecule has 1 atom stereocenters. The lowest BCUT2D eigenvalue weighted by atomic mass is 10.1. The molecule has 0 radical (unpaired) electrons. The highest BCUT2D eigenvalue weighted by Gasteiger charge is 2.35. The first-order chi connectivity index (χ1) is 12.6. The monoisotopic (exact) mass is 356 g/mol. The summed E-state index contributed by atoms with van der Waals surface area (Å²) in [6, 6.07) is 11.3. The van der Waals surface area contributed by atoms with Gasteiger partial charge in [0, 0.05) is 31.3 Å². The molecule has 7 heteroatoms. The molecule has 0 saturated carbocycles. The van der Waals surface area contributed by atoms with Gasteiger partial charge < -0.3 is 19.7 Å². The van der Waals surface area contributed by atoms with Crippen LogP contribution in [0.25, 0.3) is 0 Å². The minimum Gasteiger partial charge on any atom is -0.454 e. The summed E-state index contributed by atoms with van der Waals surface area (Å²) < 4.78 is 23.8. The number of halogens is 1. The third-order valence-corrected chi connectivity index (χ3v) is 4.52. The number of nitrogens with one attached hydrogen (secondary N) is 1. The summed E-state index contributed by atoms with van der Waals surface area (Å²) >= 11 is 0. The van der Waals surface area contributed by atoms with E-state index in [2.05, 4.69) is 5.32 Å². The molecule has 26 heavy (non-hydrogen) atoms. The second kappa shape index (κ2) is 6.67. The fourth-order valence-electron chi connectivity index (χ4n) is 3.17. The molecular formula is C19H17FN2O4. The minimum absolute atomic E-state index is 0.116. The number of anilines is 1. The summed E-state index contributed by atoms with van der Waals surface area (Å²) in [6.45, 7) is 0.691. The van der Waals surface area contributed by atoms with Crippen molar-refractivity contribution in [2.45, 2.75) is 13.0 Å². The van der Waals surface area contributed by atoms with Crippen LogP contribution in [0.2, 0.25) is 0 Å². The van der Waals surface area contributed by atoms with E-state index < -0.39 is 5.92 Å². The Morgan fingerprint density at radius 2 is 2.04 bits per heavy atom. The van der Waals surface area contributed by atoms with Crippen LogP contribution in [0.3, 0.4) is 0 Å². The van der Waals surface area contributed by atoms with Gasteiger partial charge in [0.1, 0.15) is 5.82 Å². The predicted octanol–water partition coefficient (Wildman–Crippen LogP) is 2.22. The third-order valence-electron chi connectivity index (χ3n) is 4.52. The summed E-state index contributed by atoms with van der Waals surface area (Å²) in [4.78, 5) is 26.3. The van der Waals surface area contributed by atoms with Crippen molar-refractivity contribution in [1.82, 2.24) is 5.32 Å². The summed E-state index contributed by atoms with van der Waals surface area (Å²) in [5.41, 5.74) is 1.36. The first-order valence-electron chi connectivity index (χ1n) is 8.32. The topological polar surface area (TPSA) is 67.9 Å². The summed E-state index contributed by atoms with van der Waals surface area (Å²) in [5.74, 6) is 0.114. The van der Waals surface area contributed by atoms with Gasteiger partial charge in [0.2, 0.25) is 18.6 Å². The van der Waals surface area contributed by atoms with Crippen molar-refractivity contribution in [3.05, 3.63) is 53.8 Å². The molecule has 0 aliphatic carbocycles. The fourth-order valence-corrected chi connectivity index (χ4v) is 3.17. The summed E-state index contributed by atoms with van der Waals surface area (Å²) in [7, 11) is 0. The molecule has 2 aliphatic rings. The van der Waals surface area contributed by atoms with Crippen molar-refractivity contribution < 1.29 is 23.5 Å². The van der Waals surface area contributed by atoms with E-state index in [9.17, 15) is 14.0 Å². The van der Waals surface area contributed by atoms with E-state index in [4.69, 9.17) is 9.47 Å². The Hall–Kier alpha value is -3.09. The molecule has 1 N–H and O–H groups in total. The number of carbonyl (C=O) groups is 2. The molecule has 134 valence electrons. The molecule has 1 saturated heterocycles. The molecule has 6 nitrogen and oxygen atoms in total. The molecule has 2 aliphatic heterocycles. The van der Waals surface area contributed by atoms with Crippen LogP contribution in [0.4, 0.5) is 10.1 Å². The van der Waals surface area contributed by atoms with Crippen LogP contribution in [0, 0.1) is 11.7 Å². The number of rotatable bonds is 4. The van der Waals surface area contributed by atoms with Crippen LogP contribution in [0.15, 0.2) is 42.5 Å². The second-order valence-corrected chi connectivity index (χ2v) is 6.29. The standard InChI is InChI=1S/C19H17FN2O4/c20-14-3-1-2-12(6-14)9-21-19(24)13-7-18(23)22(10-13)15-4-5-16-17(8-15)26-11-25-16/h1-6,8,13H,7,9-11H2,(H,21,24)/t13-/m0/s1. The molecule has 2 aromatic carbocycles. The Bertz CT molecular complexity index is 870. The lowest BCUT2D eigenvalue weighted by molar-refractivity contribution is -0.126. The van der Waals surface area contributed by atoms with E-state index in [1.807, 2.05) is 0 Å². The normalized spacial score (nSPS) is 18.3. The average molecular weight is 356 g/mol. The molecule has 4 rings (SSSR count). The minimum atomic E-state index is -0.443. The lowest BCUT2D eigenvalue weighted by Gasteiger charge is -2.17. The van der Waals surface area contributed by atoms with Crippen molar-refractivity contribution in [2.75, 3.05) is 18.2 Å². The molecule has 0 bridgehead atoms. The molecule has 0 aromatic heterocycles. The Labute approximate surface area is 149 Å². The van der Waals surface area contributed by atoms with Gasteiger partial charge in [0.15, 0.2) is 11.5 Å². The van der Waals surface area contributed by atoms with Crippen LogP contribution in [0.1, 0.15) is 12.0 Å². The number of carbonyl (C=O) groups excluding carboxylic acids is 2. The molecular weight excluding hydrogens is 339 g/mol. The van der Waals surface area contributed by atoms with E-state index in [1.165, 1.54) is 12.1 Å². The zero-order valence-corrected chi connectivity index (χ0v) is 13.9. The van der Waals surface area contributed by atoms with Gasteiger partial charge in [-0.3, -0.25) is 9.59 Å². The number of benzene rings is 2. The van der Waals surface area contributed by atoms with Gasteiger partial charge >= 0.3 is 0 Å². The van der Waals surface area contributed by atoms with E-state index in [-0.39, 0.29) is 37.4 Å². The zero-order valence-electron chi connectivity index (χ0n) is 13.9. The zero-order chi connectivity index (χ0) is 18.1. The van der Waals surface area contributed by atoms with Crippen molar-refractivity contribution in [3.63, 3.8) is 0 Å². The SMILES string of the molecule is O=C(NCc1cccc(F)c1)[C@H]1CC(=O)N(c2ccc3c(c2)OCO3)C1. The largest absolute Gasteiger partial charge is 0.454 e. The Morgan fingerprint density at radius 3 is 2.88 bits per heavy atom. The van der Waals surface area contributed by atoms with Gasteiger partial charge in [0.25, 0.3) is 0 Å². The smallest absolute Gasteiger partial charge is 0.231 e. The Balaban J connectivity index is 1.40. The number of ether oxygens (including phenoxy) is 2. The van der Waals surface area contributed by atoms with Gasteiger partial charge in [-0.2, -0.15) is 0 Å². The van der Waals surface area contributed by atoms with Gasteiger partial charge in [-0.25, -0.2) is 4.39 Å². The first-order valence-corrected chi connectivity index (χ1v) is 8.32. The maximum absolute atomic E-state index is 13.2. The summed E-state index contributed by atoms with van der Waals surface area (Å²) in [6.07, 6.45) is 0.142. The quantitative estimate of drug-likeness (QED) is 0.912. The molecule has 2 aromatic rings. The number of hydrogen-bond acceptors (Lipinski definition) is 4. The average Bonchev–Trinajstić information content (AvgIpc) is 3.25. The van der Waals surface area contributed by atoms with Crippen LogP contribution in [-0.2, 0) is 16.1 Å². The first kappa shape index (κ1) is 16.4. The predicted molar refractivity (Wildman–Crippen MR) is 91.3 cm³/mol. The van der Waals surface area contributed by atoms with Crippen molar-refractivity contribution in [1.29, 1.82) is 0 Å². The molecule has 1 fully saturated rings. The van der Waals surface area contributed by atoms with Crippen LogP contribution in [-0.4, -0.2) is 25.2 Å². The van der Waals surface area contributed by atoms with Crippen molar-refractivity contribution in [2.24, 2.45) is 5.92 Å². The highest BCUT2D eigenvalue weighted by molar-refractivity contribution is 6.00. The highest BCUT2D eigenvalue weighted by Crippen LogP contribution is 2.37. The van der Waals surface area contributed by atoms with Crippen molar-refractivity contribution in [3.8, 4) is 11.5 Å². The van der Waals surface area contributed by atoms with Gasteiger partial charge in [-0.1, -0.05) is 12.1 Å². The number of hydrogen-bond donors (Lipinski definition) is 1.